The van der Waals surface area contributed by atoms with E-state index in [2.05, 4.69) is 10.6 Å². The van der Waals surface area contributed by atoms with Crippen LogP contribution in [-0.2, 0) is 19.1 Å². The number of rotatable bonds is 7. The average molecular weight is 400 g/mol. The maximum atomic E-state index is 12.3. The second-order valence-electron chi connectivity index (χ2n) is 6.05. The largest absolute Gasteiger partial charge is 0.460 e. The molecule has 0 bridgehead atoms. The van der Waals surface area contributed by atoms with Crippen LogP contribution in [0.3, 0.4) is 0 Å². The zero-order valence-corrected chi connectivity index (χ0v) is 16.1. The fraction of sp³-hybridized carbons (Fsp3) is 0.250. The van der Waals surface area contributed by atoms with Gasteiger partial charge in [-0.2, -0.15) is 0 Å². The summed E-state index contributed by atoms with van der Waals surface area (Å²) in [4.78, 5) is 37.3. The summed E-state index contributed by atoms with van der Waals surface area (Å²) in [5.74, 6) is -0.917. The molecule has 0 saturated carbocycles. The molecule has 1 atom stereocenters. The van der Waals surface area contributed by atoms with E-state index in [1.807, 2.05) is 24.3 Å². The molecule has 146 valence electrons. The molecule has 1 heterocycles. The third kappa shape index (κ3) is 5.11. The van der Waals surface area contributed by atoms with Crippen LogP contribution in [0.2, 0.25) is 0 Å². The van der Waals surface area contributed by atoms with Gasteiger partial charge in [-0.25, -0.2) is 4.79 Å². The summed E-state index contributed by atoms with van der Waals surface area (Å²) in [5, 5.41) is 5.07. The fourth-order valence-corrected chi connectivity index (χ4v) is 3.71. The molecule has 28 heavy (non-hydrogen) atoms. The fourth-order valence-electron chi connectivity index (χ4n) is 2.60. The number of benzene rings is 2. The van der Waals surface area contributed by atoms with Gasteiger partial charge in [-0.15, -0.1) is 11.8 Å². The Kier molecular flexibility index (Phi) is 6.67. The Morgan fingerprint density at radius 1 is 1.11 bits per heavy atom. The van der Waals surface area contributed by atoms with Crippen molar-refractivity contribution in [1.29, 1.82) is 0 Å². The molecular formula is C20H20N2O5S. The van der Waals surface area contributed by atoms with Crippen molar-refractivity contribution < 1.29 is 23.9 Å². The number of carbonyl (C=O) groups is 3. The minimum atomic E-state index is -0.495. The molecule has 2 amide bonds. The molecule has 0 spiro atoms. The van der Waals surface area contributed by atoms with E-state index in [1.165, 1.54) is 18.9 Å². The quantitative estimate of drug-likeness (QED) is 0.548. The number of thioether (sulfide) groups is 1. The van der Waals surface area contributed by atoms with Crippen molar-refractivity contribution >= 4 is 40.9 Å². The van der Waals surface area contributed by atoms with E-state index < -0.39 is 11.2 Å². The minimum Gasteiger partial charge on any atom is -0.460 e. The highest BCUT2D eigenvalue weighted by Gasteiger charge is 2.28. The maximum Gasteiger partial charge on any atom is 0.338 e. The Hall–Kier alpha value is -2.84. The van der Waals surface area contributed by atoms with Crippen LogP contribution in [0.15, 0.2) is 53.4 Å². The van der Waals surface area contributed by atoms with Crippen LogP contribution in [0.25, 0.3) is 0 Å². The zero-order chi connectivity index (χ0) is 19.9. The van der Waals surface area contributed by atoms with Gasteiger partial charge in [-0.3, -0.25) is 9.59 Å². The van der Waals surface area contributed by atoms with E-state index >= 15 is 0 Å². The first kappa shape index (κ1) is 19.9. The highest BCUT2D eigenvalue weighted by Crippen LogP contribution is 2.36. The van der Waals surface area contributed by atoms with Crippen molar-refractivity contribution in [3.05, 3.63) is 54.1 Å². The Labute approximate surface area is 166 Å². The first-order valence-electron chi connectivity index (χ1n) is 8.69. The third-order valence-electron chi connectivity index (χ3n) is 4.00. The second-order valence-corrected chi connectivity index (χ2v) is 7.29. The molecular weight excluding hydrogens is 380 g/mol. The topological polar surface area (TPSA) is 93.7 Å². The van der Waals surface area contributed by atoms with E-state index in [0.717, 1.165) is 10.6 Å². The van der Waals surface area contributed by atoms with Crippen molar-refractivity contribution in [2.45, 2.75) is 16.6 Å². The lowest BCUT2D eigenvalue weighted by Gasteiger charge is -2.23. The van der Waals surface area contributed by atoms with Gasteiger partial charge in [0.25, 0.3) is 0 Å². The van der Waals surface area contributed by atoms with Crippen molar-refractivity contribution in [3.8, 4) is 0 Å². The molecule has 7 nitrogen and oxygen atoms in total. The molecule has 3 rings (SSSR count). The molecule has 2 aromatic rings. The Bertz CT molecular complexity index is 869. The van der Waals surface area contributed by atoms with Gasteiger partial charge in [0.2, 0.25) is 11.8 Å². The van der Waals surface area contributed by atoms with Crippen LogP contribution in [0.5, 0.6) is 0 Å². The molecule has 0 aliphatic carbocycles. The summed E-state index contributed by atoms with van der Waals surface area (Å²) in [5.41, 5.74) is 1.69. The Morgan fingerprint density at radius 3 is 2.61 bits per heavy atom. The first-order chi connectivity index (χ1) is 13.6. The van der Waals surface area contributed by atoms with E-state index in [1.54, 1.807) is 24.3 Å². The second kappa shape index (κ2) is 9.38. The van der Waals surface area contributed by atoms with Crippen LogP contribution in [0.1, 0.15) is 16.8 Å². The van der Waals surface area contributed by atoms with Gasteiger partial charge in [-0.1, -0.05) is 12.1 Å². The molecule has 1 unspecified atom stereocenters. The SMILES string of the molecule is COCCOC(=O)c1ccc(NC(=O)CC2Sc3ccccc3NC2=O)cc1. The predicted molar refractivity (Wildman–Crippen MR) is 107 cm³/mol. The molecule has 0 saturated heterocycles. The van der Waals surface area contributed by atoms with Crippen molar-refractivity contribution in [2.75, 3.05) is 31.0 Å². The minimum absolute atomic E-state index is 0.0473. The van der Waals surface area contributed by atoms with Gasteiger partial charge >= 0.3 is 5.97 Å². The summed E-state index contributed by atoms with van der Waals surface area (Å²) in [6.45, 7) is 0.509. The summed E-state index contributed by atoms with van der Waals surface area (Å²) < 4.78 is 9.86. The normalized spacial score (nSPS) is 15.3. The third-order valence-corrected chi connectivity index (χ3v) is 5.28. The molecule has 2 aromatic carbocycles. The van der Waals surface area contributed by atoms with Gasteiger partial charge in [-0.05, 0) is 36.4 Å². The van der Waals surface area contributed by atoms with Crippen LogP contribution < -0.4 is 10.6 Å². The number of fused-ring (bicyclic) bond motifs is 1. The van der Waals surface area contributed by atoms with E-state index in [9.17, 15) is 14.4 Å². The van der Waals surface area contributed by atoms with Gasteiger partial charge in [0, 0.05) is 24.1 Å². The molecule has 0 aromatic heterocycles. The predicted octanol–water partition coefficient (Wildman–Crippen LogP) is 2.93. The van der Waals surface area contributed by atoms with Crippen molar-refractivity contribution in [3.63, 3.8) is 0 Å². The summed E-state index contributed by atoms with van der Waals surface area (Å²) in [6, 6.07) is 13.9. The van der Waals surface area contributed by atoms with Gasteiger partial charge in [0.15, 0.2) is 0 Å². The number of hydrogen-bond acceptors (Lipinski definition) is 6. The molecule has 1 aliphatic heterocycles. The van der Waals surface area contributed by atoms with Crippen molar-refractivity contribution in [1.82, 2.24) is 0 Å². The van der Waals surface area contributed by atoms with Crippen LogP contribution in [0.4, 0.5) is 11.4 Å². The van der Waals surface area contributed by atoms with E-state index in [-0.39, 0.29) is 24.8 Å². The van der Waals surface area contributed by atoms with Crippen molar-refractivity contribution in [2.24, 2.45) is 0 Å². The number of methoxy groups -OCH3 is 1. The standard InChI is InChI=1S/C20H20N2O5S/c1-26-10-11-27-20(25)13-6-8-14(9-7-13)21-18(23)12-17-19(24)22-15-4-2-3-5-16(15)28-17/h2-9,17H,10-12H2,1H3,(H,21,23)(H,22,24). The molecule has 0 fully saturated rings. The Balaban J connectivity index is 1.54. The van der Waals surface area contributed by atoms with Gasteiger partial charge in [0.05, 0.1) is 23.1 Å². The maximum absolute atomic E-state index is 12.3. The molecule has 2 N–H and O–H groups in total. The average Bonchev–Trinajstić information content (AvgIpc) is 2.69. The van der Waals surface area contributed by atoms with Crippen LogP contribution in [0, 0.1) is 0 Å². The summed E-state index contributed by atoms with van der Waals surface area (Å²) in [6.07, 6.45) is 0.0473. The molecule has 8 heteroatoms. The zero-order valence-electron chi connectivity index (χ0n) is 15.3. The summed E-state index contributed by atoms with van der Waals surface area (Å²) >= 11 is 1.38. The van der Waals surface area contributed by atoms with Gasteiger partial charge < -0.3 is 20.1 Å². The lowest BCUT2D eigenvalue weighted by molar-refractivity contribution is -0.120. The van der Waals surface area contributed by atoms with E-state index in [0.29, 0.717) is 17.9 Å². The number of hydrogen-bond donors (Lipinski definition) is 2. The highest BCUT2D eigenvalue weighted by molar-refractivity contribution is 8.01. The lowest BCUT2D eigenvalue weighted by atomic mass is 10.2. The highest BCUT2D eigenvalue weighted by atomic mass is 32.2. The number of anilines is 2. The summed E-state index contributed by atoms with van der Waals surface area (Å²) in [7, 11) is 1.53. The molecule has 1 aliphatic rings. The Morgan fingerprint density at radius 2 is 1.86 bits per heavy atom. The monoisotopic (exact) mass is 400 g/mol. The van der Waals surface area contributed by atoms with Crippen LogP contribution in [-0.4, -0.2) is 43.4 Å². The smallest absolute Gasteiger partial charge is 0.338 e. The van der Waals surface area contributed by atoms with E-state index in [4.69, 9.17) is 9.47 Å². The lowest BCUT2D eigenvalue weighted by Crippen LogP contribution is -2.32. The number of esters is 1. The number of carbonyl (C=O) groups excluding carboxylic acids is 3. The number of nitrogens with one attached hydrogen (secondary N) is 2. The van der Waals surface area contributed by atoms with Crippen LogP contribution >= 0.6 is 11.8 Å². The number of amides is 2. The number of ether oxygens (including phenoxy) is 2. The molecule has 0 radical (unpaired) electrons. The van der Waals surface area contributed by atoms with Gasteiger partial charge in [0.1, 0.15) is 6.61 Å². The number of para-hydroxylation sites is 1. The first-order valence-corrected chi connectivity index (χ1v) is 9.57.